The second-order valence-corrected chi connectivity index (χ2v) is 4.43. The summed E-state index contributed by atoms with van der Waals surface area (Å²) in [6.45, 7) is 0. The molecular formula is C12H8FNO4. The minimum Gasteiger partial charge on any atom is -0.478 e. The lowest BCUT2D eigenvalue weighted by Crippen LogP contribution is -2.34. The standard InChI is InChI=1S/C12H8FNO4/c13-5-1-2-9(8(3-5)12(17)18)14-10(15)6-4-7(6)11(14)16/h1-3,6-7H,4H2,(H,17,18). The van der Waals surface area contributed by atoms with Crippen LogP contribution < -0.4 is 4.90 Å². The van der Waals surface area contributed by atoms with Crippen LogP contribution in [0.4, 0.5) is 10.1 Å². The molecule has 18 heavy (non-hydrogen) atoms. The summed E-state index contributed by atoms with van der Waals surface area (Å²) < 4.78 is 13.0. The number of rotatable bonds is 2. The number of halogens is 1. The third kappa shape index (κ3) is 1.35. The molecule has 1 aromatic rings. The monoisotopic (exact) mass is 249 g/mol. The van der Waals surface area contributed by atoms with Gasteiger partial charge in [0.2, 0.25) is 11.8 Å². The highest BCUT2D eigenvalue weighted by molar-refractivity contribution is 6.26. The summed E-state index contributed by atoms with van der Waals surface area (Å²) in [4.78, 5) is 35.6. The van der Waals surface area contributed by atoms with Crippen molar-refractivity contribution < 1.29 is 23.9 Å². The van der Waals surface area contributed by atoms with Gasteiger partial charge in [0.05, 0.1) is 23.1 Å². The fourth-order valence-electron chi connectivity index (χ4n) is 2.29. The van der Waals surface area contributed by atoms with E-state index in [0.717, 1.165) is 23.1 Å². The number of piperidine rings is 1. The number of aromatic carboxylic acids is 1. The first-order chi connectivity index (χ1) is 8.50. The molecule has 2 atom stereocenters. The van der Waals surface area contributed by atoms with Gasteiger partial charge in [0.25, 0.3) is 0 Å². The summed E-state index contributed by atoms with van der Waals surface area (Å²) in [5.41, 5.74) is -0.427. The van der Waals surface area contributed by atoms with Crippen LogP contribution in [0.3, 0.4) is 0 Å². The number of anilines is 1. The van der Waals surface area contributed by atoms with Crippen molar-refractivity contribution in [3.63, 3.8) is 0 Å². The van der Waals surface area contributed by atoms with E-state index in [1.807, 2.05) is 0 Å². The molecule has 6 heteroatoms. The molecule has 2 unspecified atom stereocenters. The molecular weight excluding hydrogens is 241 g/mol. The predicted molar refractivity (Wildman–Crippen MR) is 57.4 cm³/mol. The molecule has 1 aliphatic heterocycles. The first-order valence-electron chi connectivity index (χ1n) is 5.41. The summed E-state index contributed by atoms with van der Waals surface area (Å²) in [6, 6.07) is 2.99. The van der Waals surface area contributed by atoms with E-state index in [1.165, 1.54) is 0 Å². The van der Waals surface area contributed by atoms with Gasteiger partial charge in [0.15, 0.2) is 0 Å². The van der Waals surface area contributed by atoms with E-state index >= 15 is 0 Å². The number of carbonyl (C=O) groups excluding carboxylic acids is 2. The van der Waals surface area contributed by atoms with Crippen LogP contribution in [0.1, 0.15) is 16.8 Å². The molecule has 0 radical (unpaired) electrons. The summed E-state index contributed by atoms with van der Waals surface area (Å²) in [6.07, 6.45) is 0.539. The number of hydrogen-bond donors (Lipinski definition) is 1. The SMILES string of the molecule is O=C(O)c1cc(F)ccc1N1C(=O)C2CC2C1=O. The van der Waals surface area contributed by atoms with E-state index in [2.05, 4.69) is 0 Å². The van der Waals surface area contributed by atoms with Gasteiger partial charge >= 0.3 is 5.97 Å². The van der Waals surface area contributed by atoms with Gasteiger partial charge in [-0.2, -0.15) is 0 Å². The Labute approximate surface area is 101 Å². The number of benzene rings is 1. The minimum absolute atomic E-state index is 0.0499. The van der Waals surface area contributed by atoms with Crippen LogP contribution in [0.2, 0.25) is 0 Å². The lowest BCUT2D eigenvalue weighted by Gasteiger charge is -2.18. The minimum atomic E-state index is -1.37. The number of nitrogens with zero attached hydrogens (tertiary/aromatic N) is 1. The third-order valence-corrected chi connectivity index (χ3v) is 3.30. The first-order valence-corrected chi connectivity index (χ1v) is 5.41. The van der Waals surface area contributed by atoms with E-state index < -0.39 is 11.8 Å². The maximum atomic E-state index is 13.0. The molecule has 1 N–H and O–H groups in total. The molecule has 1 saturated carbocycles. The highest BCUT2D eigenvalue weighted by Crippen LogP contribution is 2.48. The molecule has 3 rings (SSSR count). The molecule has 5 nitrogen and oxygen atoms in total. The summed E-state index contributed by atoms with van der Waals surface area (Å²) >= 11 is 0. The maximum Gasteiger partial charge on any atom is 0.337 e. The molecule has 1 aliphatic carbocycles. The van der Waals surface area contributed by atoms with E-state index in [0.29, 0.717) is 6.42 Å². The lowest BCUT2D eigenvalue weighted by molar-refractivity contribution is -0.123. The molecule has 1 saturated heterocycles. The summed E-state index contributed by atoms with van der Waals surface area (Å²) in [7, 11) is 0. The highest BCUT2D eigenvalue weighted by Gasteiger charge is 2.59. The number of fused-ring (bicyclic) bond motifs is 1. The fraction of sp³-hybridized carbons (Fsp3) is 0.250. The van der Waals surface area contributed by atoms with Crippen molar-refractivity contribution in [1.82, 2.24) is 0 Å². The molecule has 0 aromatic heterocycles. The Morgan fingerprint density at radius 1 is 1.28 bits per heavy atom. The molecule has 2 amide bonds. The predicted octanol–water partition coefficient (Wildman–Crippen LogP) is 1.03. The maximum absolute atomic E-state index is 13.0. The molecule has 1 aromatic carbocycles. The van der Waals surface area contributed by atoms with Crippen molar-refractivity contribution >= 4 is 23.5 Å². The van der Waals surface area contributed by atoms with Gasteiger partial charge < -0.3 is 5.11 Å². The number of carbonyl (C=O) groups is 3. The molecule has 0 bridgehead atoms. The zero-order valence-electron chi connectivity index (χ0n) is 9.09. The number of imide groups is 1. The molecule has 1 heterocycles. The Morgan fingerprint density at radius 3 is 2.44 bits per heavy atom. The van der Waals surface area contributed by atoms with Crippen molar-refractivity contribution in [3.05, 3.63) is 29.6 Å². The Hall–Kier alpha value is -2.24. The summed E-state index contributed by atoms with van der Waals surface area (Å²) in [5.74, 6) is -3.50. The van der Waals surface area contributed by atoms with Crippen molar-refractivity contribution in [1.29, 1.82) is 0 Å². The van der Waals surface area contributed by atoms with Gasteiger partial charge in [-0.3, -0.25) is 9.59 Å². The van der Waals surface area contributed by atoms with Crippen molar-refractivity contribution in [3.8, 4) is 0 Å². The van der Waals surface area contributed by atoms with Gasteiger partial charge in [0, 0.05) is 0 Å². The Kier molecular flexibility index (Phi) is 2.04. The smallest absolute Gasteiger partial charge is 0.337 e. The van der Waals surface area contributed by atoms with Gasteiger partial charge in [-0.05, 0) is 24.6 Å². The van der Waals surface area contributed by atoms with E-state index in [9.17, 15) is 18.8 Å². The number of hydrogen-bond acceptors (Lipinski definition) is 3. The van der Waals surface area contributed by atoms with Crippen LogP contribution in [-0.2, 0) is 9.59 Å². The zero-order valence-corrected chi connectivity index (χ0v) is 9.09. The van der Waals surface area contributed by atoms with Crippen molar-refractivity contribution in [2.24, 2.45) is 11.8 Å². The Balaban J connectivity index is 2.10. The first kappa shape index (κ1) is 10.9. The third-order valence-electron chi connectivity index (χ3n) is 3.30. The lowest BCUT2D eigenvalue weighted by atomic mass is 10.1. The summed E-state index contributed by atoms with van der Waals surface area (Å²) in [5, 5.41) is 8.98. The Bertz CT molecular complexity index is 578. The van der Waals surface area contributed by atoms with E-state index in [4.69, 9.17) is 5.11 Å². The fourth-order valence-corrected chi connectivity index (χ4v) is 2.29. The van der Waals surface area contributed by atoms with Crippen molar-refractivity contribution in [2.75, 3.05) is 4.90 Å². The average molecular weight is 249 g/mol. The van der Waals surface area contributed by atoms with Crippen LogP contribution in [0, 0.1) is 17.7 Å². The quantitative estimate of drug-likeness (QED) is 0.794. The van der Waals surface area contributed by atoms with Gasteiger partial charge in [-0.15, -0.1) is 0 Å². The molecule has 2 aliphatic rings. The van der Waals surface area contributed by atoms with Crippen molar-refractivity contribution in [2.45, 2.75) is 6.42 Å². The molecule has 0 spiro atoms. The molecule has 2 fully saturated rings. The topological polar surface area (TPSA) is 74.7 Å². The van der Waals surface area contributed by atoms with Crippen LogP contribution in [0.25, 0.3) is 0 Å². The van der Waals surface area contributed by atoms with Crippen LogP contribution in [-0.4, -0.2) is 22.9 Å². The van der Waals surface area contributed by atoms with Crippen LogP contribution in [0.15, 0.2) is 18.2 Å². The van der Waals surface area contributed by atoms with E-state index in [1.54, 1.807) is 0 Å². The second-order valence-electron chi connectivity index (χ2n) is 4.43. The van der Waals surface area contributed by atoms with E-state index in [-0.39, 0.29) is 34.9 Å². The number of amides is 2. The van der Waals surface area contributed by atoms with Gasteiger partial charge in [-0.25, -0.2) is 14.1 Å². The number of carboxylic acid groups (broad SMARTS) is 1. The average Bonchev–Trinajstić information content (AvgIpc) is 3.06. The Morgan fingerprint density at radius 2 is 1.89 bits per heavy atom. The second kappa shape index (κ2) is 3.38. The largest absolute Gasteiger partial charge is 0.478 e. The highest BCUT2D eigenvalue weighted by atomic mass is 19.1. The van der Waals surface area contributed by atoms with Gasteiger partial charge in [0.1, 0.15) is 5.82 Å². The van der Waals surface area contributed by atoms with Crippen LogP contribution >= 0.6 is 0 Å². The normalized spacial score (nSPS) is 25.3. The zero-order chi connectivity index (χ0) is 13.0. The number of carboxylic acids is 1. The van der Waals surface area contributed by atoms with Crippen LogP contribution in [0.5, 0.6) is 0 Å². The molecule has 92 valence electrons. The van der Waals surface area contributed by atoms with Gasteiger partial charge in [-0.1, -0.05) is 0 Å².